The number of rotatable bonds is 8. The third-order valence-corrected chi connectivity index (χ3v) is 3.91. The molecule has 0 saturated heterocycles. The summed E-state index contributed by atoms with van der Waals surface area (Å²) in [4.78, 5) is 12.2. The Kier molecular flexibility index (Phi) is 6.87. The van der Waals surface area contributed by atoms with E-state index in [1.54, 1.807) is 0 Å². The van der Waals surface area contributed by atoms with Crippen molar-refractivity contribution >= 4 is 11.6 Å². The van der Waals surface area contributed by atoms with Crippen LogP contribution in [-0.2, 0) is 4.79 Å². The van der Waals surface area contributed by atoms with Crippen LogP contribution in [0.25, 0.3) is 0 Å². The lowest BCUT2D eigenvalue weighted by Gasteiger charge is -2.15. The van der Waals surface area contributed by atoms with Crippen LogP contribution < -0.4 is 14.8 Å². The SMILES string of the molecule is CCC(C)c1ccccc1OCC(=O)Nc1cccc(OC(C)C)c1. The molecular weight excluding hydrogens is 314 g/mol. The first-order valence-electron chi connectivity index (χ1n) is 8.78. The molecule has 25 heavy (non-hydrogen) atoms. The van der Waals surface area contributed by atoms with Crippen LogP contribution in [-0.4, -0.2) is 18.6 Å². The van der Waals surface area contributed by atoms with Crippen molar-refractivity contribution in [2.45, 2.75) is 46.1 Å². The molecule has 0 aliphatic carbocycles. The highest BCUT2D eigenvalue weighted by molar-refractivity contribution is 5.92. The maximum atomic E-state index is 12.2. The zero-order chi connectivity index (χ0) is 18.2. The summed E-state index contributed by atoms with van der Waals surface area (Å²) in [5, 5.41) is 2.84. The van der Waals surface area contributed by atoms with Crippen molar-refractivity contribution in [3.63, 3.8) is 0 Å². The number of hydrogen-bond donors (Lipinski definition) is 1. The highest BCUT2D eigenvalue weighted by Gasteiger charge is 2.11. The van der Waals surface area contributed by atoms with E-state index >= 15 is 0 Å². The van der Waals surface area contributed by atoms with Crippen LogP contribution in [0.5, 0.6) is 11.5 Å². The van der Waals surface area contributed by atoms with Gasteiger partial charge in [0.2, 0.25) is 0 Å². The highest BCUT2D eigenvalue weighted by Crippen LogP contribution is 2.28. The molecule has 0 radical (unpaired) electrons. The van der Waals surface area contributed by atoms with Gasteiger partial charge in [0.15, 0.2) is 6.61 Å². The quantitative estimate of drug-likeness (QED) is 0.734. The minimum Gasteiger partial charge on any atom is -0.491 e. The van der Waals surface area contributed by atoms with E-state index in [1.165, 1.54) is 0 Å². The van der Waals surface area contributed by atoms with Crippen molar-refractivity contribution in [3.05, 3.63) is 54.1 Å². The molecule has 1 atom stereocenters. The fraction of sp³-hybridized carbons (Fsp3) is 0.381. The maximum absolute atomic E-state index is 12.2. The van der Waals surface area contributed by atoms with Crippen LogP contribution in [0.1, 0.15) is 45.6 Å². The largest absolute Gasteiger partial charge is 0.491 e. The van der Waals surface area contributed by atoms with Crippen LogP contribution in [0.15, 0.2) is 48.5 Å². The molecule has 0 heterocycles. The first kappa shape index (κ1) is 18.8. The Balaban J connectivity index is 1.96. The molecule has 2 aromatic carbocycles. The molecule has 1 unspecified atom stereocenters. The first-order chi connectivity index (χ1) is 12.0. The van der Waals surface area contributed by atoms with E-state index in [9.17, 15) is 4.79 Å². The number of carbonyl (C=O) groups is 1. The minimum atomic E-state index is -0.194. The van der Waals surface area contributed by atoms with Crippen molar-refractivity contribution in [3.8, 4) is 11.5 Å². The number of anilines is 1. The van der Waals surface area contributed by atoms with Gasteiger partial charge in [-0.25, -0.2) is 0 Å². The summed E-state index contributed by atoms with van der Waals surface area (Å²) in [5.41, 5.74) is 1.83. The Morgan fingerprint density at radius 1 is 1.08 bits per heavy atom. The fourth-order valence-electron chi connectivity index (χ4n) is 2.50. The van der Waals surface area contributed by atoms with Gasteiger partial charge in [0.05, 0.1) is 6.10 Å². The molecule has 2 aromatic rings. The van der Waals surface area contributed by atoms with E-state index in [1.807, 2.05) is 62.4 Å². The normalized spacial score (nSPS) is 11.9. The third kappa shape index (κ3) is 5.82. The van der Waals surface area contributed by atoms with Gasteiger partial charge >= 0.3 is 0 Å². The minimum absolute atomic E-state index is 0.0251. The Hall–Kier alpha value is -2.49. The molecule has 0 saturated carbocycles. The smallest absolute Gasteiger partial charge is 0.262 e. The molecular formula is C21H27NO3. The van der Waals surface area contributed by atoms with Gasteiger partial charge in [-0.05, 0) is 49.9 Å². The fourth-order valence-corrected chi connectivity index (χ4v) is 2.50. The molecule has 0 aromatic heterocycles. The van der Waals surface area contributed by atoms with Crippen molar-refractivity contribution in [2.75, 3.05) is 11.9 Å². The standard InChI is InChI=1S/C21H27NO3/c1-5-16(4)19-11-6-7-12-20(19)24-14-21(23)22-17-9-8-10-18(13-17)25-15(2)3/h6-13,15-16H,5,14H2,1-4H3,(H,22,23). The van der Waals surface area contributed by atoms with Gasteiger partial charge in [-0.2, -0.15) is 0 Å². The van der Waals surface area contributed by atoms with Crippen LogP contribution in [0.2, 0.25) is 0 Å². The van der Waals surface area contributed by atoms with Crippen molar-refractivity contribution < 1.29 is 14.3 Å². The number of nitrogens with one attached hydrogen (secondary N) is 1. The van der Waals surface area contributed by atoms with Crippen LogP contribution in [0.4, 0.5) is 5.69 Å². The van der Waals surface area contributed by atoms with Crippen molar-refractivity contribution in [2.24, 2.45) is 0 Å². The Morgan fingerprint density at radius 3 is 2.56 bits per heavy atom. The summed E-state index contributed by atoms with van der Waals surface area (Å²) in [7, 11) is 0. The molecule has 1 N–H and O–H groups in total. The maximum Gasteiger partial charge on any atom is 0.262 e. The number of amides is 1. The summed E-state index contributed by atoms with van der Waals surface area (Å²) < 4.78 is 11.4. The van der Waals surface area contributed by atoms with Gasteiger partial charge in [-0.15, -0.1) is 0 Å². The Bertz CT molecular complexity index is 697. The molecule has 0 fully saturated rings. The van der Waals surface area contributed by atoms with Crippen LogP contribution in [0, 0.1) is 0 Å². The van der Waals surface area contributed by atoms with E-state index in [0.717, 1.165) is 23.5 Å². The molecule has 4 heteroatoms. The van der Waals surface area contributed by atoms with Gasteiger partial charge in [0, 0.05) is 11.8 Å². The molecule has 1 amide bonds. The predicted molar refractivity (Wildman–Crippen MR) is 101 cm³/mol. The number of ether oxygens (including phenoxy) is 2. The molecule has 2 rings (SSSR count). The van der Waals surface area contributed by atoms with E-state index in [4.69, 9.17) is 9.47 Å². The average Bonchev–Trinajstić information content (AvgIpc) is 2.59. The predicted octanol–water partition coefficient (Wildman–Crippen LogP) is 5.00. The lowest BCUT2D eigenvalue weighted by Crippen LogP contribution is -2.20. The zero-order valence-electron chi connectivity index (χ0n) is 15.4. The van der Waals surface area contributed by atoms with Crippen LogP contribution in [0.3, 0.4) is 0 Å². The van der Waals surface area contributed by atoms with E-state index in [-0.39, 0.29) is 18.6 Å². The Labute approximate surface area is 150 Å². The molecule has 0 spiro atoms. The summed E-state index contributed by atoms with van der Waals surface area (Å²) in [6, 6.07) is 15.2. The Morgan fingerprint density at radius 2 is 1.84 bits per heavy atom. The molecule has 0 aliphatic heterocycles. The molecule has 134 valence electrons. The van der Waals surface area contributed by atoms with E-state index in [0.29, 0.717) is 11.6 Å². The number of para-hydroxylation sites is 1. The molecule has 4 nitrogen and oxygen atoms in total. The zero-order valence-corrected chi connectivity index (χ0v) is 15.4. The average molecular weight is 341 g/mol. The summed E-state index contributed by atoms with van der Waals surface area (Å²) in [6.45, 7) is 8.20. The van der Waals surface area contributed by atoms with Gasteiger partial charge in [-0.3, -0.25) is 4.79 Å². The number of hydrogen-bond acceptors (Lipinski definition) is 3. The monoisotopic (exact) mass is 341 g/mol. The molecule has 0 bridgehead atoms. The lowest BCUT2D eigenvalue weighted by atomic mass is 9.98. The van der Waals surface area contributed by atoms with Gasteiger partial charge in [0.1, 0.15) is 11.5 Å². The second kappa shape index (κ2) is 9.11. The van der Waals surface area contributed by atoms with Gasteiger partial charge in [0.25, 0.3) is 5.91 Å². The second-order valence-corrected chi connectivity index (χ2v) is 6.38. The first-order valence-corrected chi connectivity index (χ1v) is 8.78. The van der Waals surface area contributed by atoms with Crippen LogP contribution >= 0.6 is 0 Å². The van der Waals surface area contributed by atoms with Crippen molar-refractivity contribution in [1.29, 1.82) is 0 Å². The summed E-state index contributed by atoms with van der Waals surface area (Å²) >= 11 is 0. The van der Waals surface area contributed by atoms with E-state index in [2.05, 4.69) is 19.2 Å². The van der Waals surface area contributed by atoms with Gasteiger partial charge in [-0.1, -0.05) is 38.1 Å². The third-order valence-electron chi connectivity index (χ3n) is 3.91. The highest BCUT2D eigenvalue weighted by atomic mass is 16.5. The van der Waals surface area contributed by atoms with Crippen molar-refractivity contribution in [1.82, 2.24) is 0 Å². The lowest BCUT2D eigenvalue weighted by molar-refractivity contribution is -0.118. The summed E-state index contributed by atoms with van der Waals surface area (Å²) in [5.74, 6) is 1.70. The number of carbonyl (C=O) groups excluding carboxylic acids is 1. The second-order valence-electron chi connectivity index (χ2n) is 6.38. The summed E-state index contributed by atoms with van der Waals surface area (Å²) in [6.07, 6.45) is 1.11. The number of benzene rings is 2. The topological polar surface area (TPSA) is 47.6 Å². The van der Waals surface area contributed by atoms with Gasteiger partial charge < -0.3 is 14.8 Å². The van der Waals surface area contributed by atoms with E-state index < -0.39 is 0 Å². The molecule has 0 aliphatic rings.